The van der Waals surface area contributed by atoms with Gasteiger partial charge in [0.1, 0.15) is 0 Å². The summed E-state index contributed by atoms with van der Waals surface area (Å²) in [5, 5.41) is 0.845. The minimum atomic E-state index is -0.579. The van der Waals surface area contributed by atoms with Crippen molar-refractivity contribution in [2.45, 2.75) is 19.8 Å². The number of Topliss-reactive ketones (excluding diaryl/α,β-unsaturated/α-hetero) is 1. The Labute approximate surface area is 174 Å². The second-order valence-electron chi connectivity index (χ2n) is 7.02. The molecule has 0 atom stereocenters. The summed E-state index contributed by atoms with van der Waals surface area (Å²) in [4.78, 5) is 27.8. The molecule has 0 bridgehead atoms. The van der Waals surface area contributed by atoms with Gasteiger partial charge < -0.3 is 19.2 Å². The molecule has 1 N–H and O–H groups in total. The number of rotatable bonds is 6. The van der Waals surface area contributed by atoms with Crippen LogP contribution >= 0.6 is 0 Å². The Hall–Kier alpha value is -3.54. The molecule has 1 aliphatic rings. The zero-order valence-electron chi connectivity index (χ0n) is 16.8. The number of aromatic nitrogens is 1. The number of benzene rings is 2. The van der Waals surface area contributed by atoms with Crippen LogP contribution in [0, 0.1) is 0 Å². The second kappa shape index (κ2) is 8.86. The molecule has 154 valence electrons. The van der Waals surface area contributed by atoms with Crippen molar-refractivity contribution < 1.29 is 23.8 Å². The number of carbonyl (C=O) groups is 2. The number of nitrogens with one attached hydrogen (secondary N) is 1. The molecule has 2 aromatic carbocycles. The molecular formula is C24H23NO5. The Morgan fingerprint density at radius 1 is 1.13 bits per heavy atom. The van der Waals surface area contributed by atoms with Crippen LogP contribution < -0.4 is 9.47 Å². The Morgan fingerprint density at radius 2 is 1.97 bits per heavy atom. The lowest BCUT2D eigenvalue weighted by Gasteiger charge is -2.07. The van der Waals surface area contributed by atoms with E-state index in [0.717, 1.165) is 34.9 Å². The third kappa shape index (κ3) is 4.22. The van der Waals surface area contributed by atoms with Gasteiger partial charge in [-0.1, -0.05) is 31.2 Å². The van der Waals surface area contributed by atoms with Gasteiger partial charge in [-0.05, 0) is 35.8 Å². The molecule has 3 aromatic rings. The lowest BCUT2D eigenvalue weighted by atomic mass is 10.1. The fourth-order valence-corrected chi connectivity index (χ4v) is 3.45. The quantitative estimate of drug-likeness (QED) is 0.375. The normalized spacial score (nSPS) is 13.4. The average molecular weight is 405 g/mol. The maximum absolute atomic E-state index is 12.5. The van der Waals surface area contributed by atoms with Crippen molar-refractivity contribution in [1.82, 2.24) is 4.98 Å². The molecule has 2 heterocycles. The Morgan fingerprint density at radius 3 is 2.80 bits per heavy atom. The van der Waals surface area contributed by atoms with E-state index in [1.165, 1.54) is 6.08 Å². The number of ketones is 1. The number of ether oxygens (including phenoxy) is 3. The van der Waals surface area contributed by atoms with Crippen molar-refractivity contribution in [3.8, 4) is 11.5 Å². The van der Waals surface area contributed by atoms with Gasteiger partial charge in [-0.15, -0.1) is 0 Å². The number of carbonyl (C=O) groups excluding carboxylic acids is 2. The molecule has 0 saturated heterocycles. The summed E-state index contributed by atoms with van der Waals surface area (Å²) in [6.45, 7) is 2.97. The number of esters is 1. The minimum absolute atomic E-state index is 0.244. The fraction of sp³-hybridized carbons (Fsp3) is 0.250. The second-order valence-corrected chi connectivity index (χ2v) is 7.02. The molecule has 0 amide bonds. The summed E-state index contributed by atoms with van der Waals surface area (Å²) in [6.07, 6.45) is 6.30. The van der Waals surface area contributed by atoms with Crippen LogP contribution in [0.4, 0.5) is 0 Å². The molecule has 0 saturated carbocycles. The summed E-state index contributed by atoms with van der Waals surface area (Å²) >= 11 is 0. The summed E-state index contributed by atoms with van der Waals surface area (Å²) in [6, 6.07) is 11.3. The smallest absolute Gasteiger partial charge is 0.331 e. The number of fused-ring (bicyclic) bond motifs is 2. The van der Waals surface area contributed by atoms with E-state index < -0.39 is 5.97 Å². The topological polar surface area (TPSA) is 77.6 Å². The van der Waals surface area contributed by atoms with E-state index in [2.05, 4.69) is 11.9 Å². The molecule has 0 unspecified atom stereocenters. The van der Waals surface area contributed by atoms with Gasteiger partial charge in [0.15, 0.2) is 18.1 Å². The van der Waals surface area contributed by atoms with Crippen LogP contribution in [0.2, 0.25) is 0 Å². The van der Waals surface area contributed by atoms with Gasteiger partial charge in [0.2, 0.25) is 5.78 Å². The van der Waals surface area contributed by atoms with Crippen LogP contribution in [-0.2, 0) is 16.0 Å². The molecule has 1 aromatic heterocycles. The van der Waals surface area contributed by atoms with Gasteiger partial charge in [0.25, 0.3) is 0 Å². The van der Waals surface area contributed by atoms with Crippen LogP contribution in [0.3, 0.4) is 0 Å². The summed E-state index contributed by atoms with van der Waals surface area (Å²) in [5.41, 5.74) is 3.40. The minimum Gasteiger partial charge on any atom is -0.490 e. The van der Waals surface area contributed by atoms with Gasteiger partial charge in [0.05, 0.1) is 13.2 Å². The molecular weight excluding hydrogens is 382 g/mol. The lowest BCUT2D eigenvalue weighted by molar-refractivity contribution is -0.136. The standard InChI is InChI=1S/C24H23NO5/c1-2-17-5-3-6-18-19(14-25-24(17)18)20(26)15-30-23(27)10-8-16-7-9-21-22(13-16)29-12-4-11-28-21/h3,5-10,13-14,25H,2,4,11-12,15H2,1H3/b10-8+. The number of para-hydroxylation sites is 1. The van der Waals surface area contributed by atoms with Crippen molar-refractivity contribution >= 4 is 28.7 Å². The number of H-pyrrole nitrogens is 1. The highest BCUT2D eigenvalue weighted by atomic mass is 16.5. The zero-order chi connectivity index (χ0) is 20.9. The van der Waals surface area contributed by atoms with Crippen LogP contribution in [0.15, 0.2) is 48.7 Å². The van der Waals surface area contributed by atoms with Gasteiger partial charge in [0, 0.05) is 35.2 Å². The molecule has 0 radical (unpaired) electrons. The molecule has 6 nitrogen and oxygen atoms in total. The van der Waals surface area contributed by atoms with Crippen LogP contribution in [-0.4, -0.2) is 36.6 Å². The first-order valence-corrected chi connectivity index (χ1v) is 10.0. The molecule has 4 rings (SSSR count). The summed E-state index contributed by atoms with van der Waals surface area (Å²) in [7, 11) is 0. The first-order valence-electron chi connectivity index (χ1n) is 10.0. The third-order valence-corrected chi connectivity index (χ3v) is 5.01. The van der Waals surface area contributed by atoms with E-state index in [1.54, 1.807) is 12.3 Å². The Kier molecular flexibility index (Phi) is 5.84. The van der Waals surface area contributed by atoms with Crippen molar-refractivity contribution in [3.63, 3.8) is 0 Å². The van der Waals surface area contributed by atoms with Crippen LogP contribution in [0.25, 0.3) is 17.0 Å². The highest BCUT2D eigenvalue weighted by Crippen LogP contribution is 2.30. The van der Waals surface area contributed by atoms with Crippen LogP contribution in [0.5, 0.6) is 11.5 Å². The van der Waals surface area contributed by atoms with Crippen LogP contribution in [0.1, 0.15) is 34.8 Å². The van der Waals surface area contributed by atoms with E-state index in [9.17, 15) is 9.59 Å². The molecule has 0 fully saturated rings. The number of hydrogen-bond acceptors (Lipinski definition) is 5. The van der Waals surface area contributed by atoms with Crippen molar-refractivity contribution in [3.05, 3.63) is 65.4 Å². The number of hydrogen-bond donors (Lipinski definition) is 1. The summed E-state index contributed by atoms with van der Waals surface area (Å²) < 4.78 is 16.4. The zero-order valence-corrected chi connectivity index (χ0v) is 16.8. The highest BCUT2D eigenvalue weighted by Gasteiger charge is 2.15. The SMILES string of the molecule is CCc1cccc2c(C(=O)COC(=O)/C=C/c3ccc4c(c3)OCCCO4)c[nH]c12. The Bertz CT molecular complexity index is 1110. The van der Waals surface area contributed by atoms with Crippen molar-refractivity contribution in [2.24, 2.45) is 0 Å². The van der Waals surface area contributed by atoms with E-state index >= 15 is 0 Å². The maximum atomic E-state index is 12.5. The average Bonchev–Trinajstić information content (AvgIpc) is 3.07. The van der Waals surface area contributed by atoms with Gasteiger partial charge >= 0.3 is 5.97 Å². The lowest BCUT2D eigenvalue weighted by Crippen LogP contribution is -2.12. The molecule has 6 heteroatoms. The predicted octanol–water partition coefficient (Wildman–Crippen LogP) is 4.33. The van der Waals surface area contributed by atoms with E-state index in [-0.39, 0.29) is 12.4 Å². The highest BCUT2D eigenvalue weighted by molar-refractivity contribution is 6.09. The fourth-order valence-electron chi connectivity index (χ4n) is 3.45. The van der Waals surface area contributed by atoms with Gasteiger partial charge in [-0.3, -0.25) is 4.79 Å². The molecule has 0 spiro atoms. The predicted molar refractivity (Wildman–Crippen MR) is 114 cm³/mol. The molecule has 1 aliphatic heterocycles. The molecule has 0 aliphatic carbocycles. The molecule has 30 heavy (non-hydrogen) atoms. The third-order valence-electron chi connectivity index (χ3n) is 5.01. The number of aryl methyl sites for hydroxylation is 1. The monoisotopic (exact) mass is 405 g/mol. The largest absolute Gasteiger partial charge is 0.490 e. The van der Waals surface area contributed by atoms with Crippen molar-refractivity contribution in [1.29, 1.82) is 0 Å². The Balaban J connectivity index is 1.38. The van der Waals surface area contributed by atoms with E-state index in [1.807, 2.05) is 36.4 Å². The van der Waals surface area contributed by atoms with E-state index in [4.69, 9.17) is 14.2 Å². The summed E-state index contributed by atoms with van der Waals surface area (Å²) in [5.74, 6) is 0.531. The maximum Gasteiger partial charge on any atom is 0.331 e. The first kappa shape index (κ1) is 19.8. The van der Waals surface area contributed by atoms with Crippen molar-refractivity contribution in [2.75, 3.05) is 19.8 Å². The van der Waals surface area contributed by atoms with Gasteiger partial charge in [-0.2, -0.15) is 0 Å². The van der Waals surface area contributed by atoms with E-state index in [0.29, 0.717) is 30.3 Å². The first-order chi connectivity index (χ1) is 14.7. The number of aromatic amines is 1. The van der Waals surface area contributed by atoms with Gasteiger partial charge in [-0.25, -0.2) is 4.79 Å².